The average molecular weight is 312 g/mol. The quantitative estimate of drug-likeness (QED) is 0.862. The Hall–Kier alpha value is -0.950. The van der Waals surface area contributed by atoms with Gasteiger partial charge in [0.1, 0.15) is 0 Å². The average Bonchev–Trinajstić information content (AvgIpc) is 2.46. The van der Waals surface area contributed by atoms with Crippen LogP contribution in [0.15, 0.2) is 23.1 Å². The summed E-state index contributed by atoms with van der Waals surface area (Å²) in [6, 6.07) is 5.45. The van der Waals surface area contributed by atoms with Gasteiger partial charge in [-0.2, -0.15) is 4.31 Å². The number of nitrogens with zero attached hydrogens (tertiary/aromatic N) is 1. The van der Waals surface area contributed by atoms with Gasteiger partial charge in [-0.05, 0) is 44.0 Å². The zero-order chi connectivity index (χ0) is 15.5. The van der Waals surface area contributed by atoms with E-state index in [9.17, 15) is 8.42 Å². The maximum atomic E-state index is 13.0. The normalized spacial score (nSPS) is 15.5. The van der Waals surface area contributed by atoms with Crippen LogP contribution in [0.4, 0.5) is 0 Å². The molecule has 1 aliphatic heterocycles. The predicted molar refractivity (Wildman–Crippen MR) is 82.8 cm³/mol. The molecule has 0 bridgehead atoms. The number of rotatable bonds is 6. The molecule has 0 atom stereocenters. The summed E-state index contributed by atoms with van der Waals surface area (Å²) in [5.41, 5.74) is 2.04. The maximum Gasteiger partial charge on any atom is 0.243 e. The SMILES string of the molecule is COCCN(C(C)C)S(=O)(=O)c1cccc2c1CCNC2. The van der Waals surface area contributed by atoms with Gasteiger partial charge >= 0.3 is 0 Å². The first-order chi connectivity index (χ1) is 9.98. The molecule has 0 saturated carbocycles. The Morgan fingerprint density at radius 3 is 2.81 bits per heavy atom. The number of benzene rings is 1. The van der Waals surface area contributed by atoms with E-state index < -0.39 is 10.0 Å². The Morgan fingerprint density at radius 2 is 2.14 bits per heavy atom. The van der Waals surface area contributed by atoms with Gasteiger partial charge in [0.05, 0.1) is 11.5 Å². The van der Waals surface area contributed by atoms with Crippen LogP contribution in [0.1, 0.15) is 25.0 Å². The van der Waals surface area contributed by atoms with E-state index in [1.54, 1.807) is 13.2 Å². The van der Waals surface area contributed by atoms with Crippen LogP contribution in [0.25, 0.3) is 0 Å². The van der Waals surface area contributed by atoms with Gasteiger partial charge in [-0.1, -0.05) is 12.1 Å². The molecule has 0 spiro atoms. The molecule has 0 fully saturated rings. The standard InChI is InChI=1S/C15H24N2O3S/c1-12(2)17(9-10-20-3)21(18,19)15-6-4-5-13-11-16-8-7-14(13)15/h4-6,12,16H,7-11H2,1-3H3. The second-order valence-corrected chi connectivity index (χ2v) is 7.38. The summed E-state index contributed by atoms with van der Waals surface area (Å²) in [6.07, 6.45) is 0.751. The van der Waals surface area contributed by atoms with E-state index in [2.05, 4.69) is 5.32 Å². The summed E-state index contributed by atoms with van der Waals surface area (Å²) in [5, 5.41) is 3.28. The lowest BCUT2D eigenvalue weighted by Gasteiger charge is -2.28. The van der Waals surface area contributed by atoms with Crippen LogP contribution in [-0.4, -0.2) is 45.6 Å². The first kappa shape index (κ1) is 16.4. The second-order valence-electron chi connectivity index (χ2n) is 5.52. The molecule has 118 valence electrons. The molecule has 1 aromatic rings. The summed E-state index contributed by atoms with van der Waals surface area (Å²) >= 11 is 0. The zero-order valence-corrected chi connectivity index (χ0v) is 13.7. The highest BCUT2D eigenvalue weighted by Gasteiger charge is 2.30. The Morgan fingerprint density at radius 1 is 1.38 bits per heavy atom. The van der Waals surface area contributed by atoms with E-state index in [1.807, 2.05) is 26.0 Å². The van der Waals surface area contributed by atoms with Crippen molar-refractivity contribution in [2.24, 2.45) is 0 Å². The van der Waals surface area contributed by atoms with Crippen LogP contribution in [0, 0.1) is 0 Å². The molecule has 0 unspecified atom stereocenters. The number of fused-ring (bicyclic) bond motifs is 1. The zero-order valence-electron chi connectivity index (χ0n) is 12.9. The molecule has 2 rings (SSSR count). The first-order valence-corrected chi connectivity index (χ1v) is 8.74. The van der Waals surface area contributed by atoms with Gasteiger partial charge in [0, 0.05) is 26.2 Å². The third-order valence-corrected chi connectivity index (χ3v) is 5.94. The van der Waals surface area contributed by atoms with Gasteiger partial charge in [-0.25, -0.2) is 8.42 Å². The highest BCUT2D eigenvalue weighted by Crippen LogP contribution is 2.26. The molecule has 21 heavy (non-hydrogen) atoms. The van der Waals surface area contributed by atoms with Crippen LogP contribution < -0.4 is 5.32 Å². The van der Waals surface area contributed by atoms with Crippen LogP contribution in [0.5, 0.6) is 0 Å². The molecule has 0 aromatic heterocycles. The molecule has 6 heteroatoms. The maximum absolute atomic E-state index is 13.0. The Balaban J connectivity index is 2.42. The molecule has 1 aromatic carbocycles. The van der Waals surface area contributed by atoms with E-state index in [0.29, 0.717) is 18.0 Å². The van der Waals surface area contributed by atoms with Gasteiger partial charge in [0.25, 0.3) is 0 Å². The largest absolute Gasteiger partial charge is 0.383 e. The minimum absolute atomic E-state index is 0.0947. The van der Waals surface area contributed by atoms with Crippen molar-refractivity contribution in [2.75, 3.05) is 26.8 Å². The minimum Gasteiger partial charge on any atom is -0.383 e. The van der Waals surface area contributed by atoms with Crippen LogP contribution in [0.2, 0.25) is 0 Å². The molecule has 1 N–H and O–H groups in total. The molecule has 0 aliphatic carbocycles. The number of nitrogens with one attached hydrogen (secondary N) is 1. The van der Waals surface area contributed by atoms with E-state index in [4.69, 9.17) is 4.74 Å². The van der Waals surface area contributed by atoms with E-state index in [1.165, 1.54) is 4.31 Å². The summed E-state index contributed by atoms with van der Waals surface area (Å²) in [7, 11) is -1.90. The number of sulfonamides is 1. The topological polar surface area (TPSA) is 58.6 Å². The van der Waals surface area contributed by atoms with E-state index in [0.717, 1.165) is 30.6 Å². The van der Waals surface area contributed by atoms with Crippen molar-refractivity contribution >= 4 is 10.0 Å². The summed E-state index contributed by atoms with van der Waals surface area (Å²) in [5.74, 6) is 0. The van der Waals surface area contributed by atoms with Crippen molar-refractivity contribution in [3.05, 3.63) is 29.3 Å². The number of hydrogen-bond donors (Lipinski definition) is 1. The van der Waals surface area contributed by atoms with Crippen LogP contribution in [-0.2, 0) is 27.7 Å². The van der Waals surface area contributed by atoms with Gasteiger partial charge in [0.15, 0.2) is 0 Å². The molecule has 1 aliphatic rings. The van der Waals surface area contributed by atoms with Crippen molar-refractivity contribution in [3.63, 3.8) is 0 Å². The van der Waals surface area contributed by atoms with E-state index in [-0.39, 0.29) is 6.04 Å². The lowest BCUT2D eigenvalue weighted by atomic mass is 10.0. The summed E-state index contributed by atoms with van der Waals surface area (Å²) in [6.45, 7) is 6.11. The van der Waals surface area contributed by atoms with Crippen LogP contribution in [0.3, 0.4) is 0 Å². The van der Waals surface area contributed by atoms with Crippen LogP contribution >= 0.6 is 0 Å². The Kier molecular flexibility index (Phi) is 5.37. The highest BCUT2D eigenvalue weighted by molar-refractivity contribution is 7.89. The Bertz CT molecular complexity index is 585. The monoisotopic (exact) mass is 312 g/mol. The fraction of sp³-hybridized carbons (Fsp3) is 0.600. The molecular weight excluding hydrogens is 288 g/mol. The van der Waals surface area contributed by atoms with Gasteiger partial charge in [-0.3, -0.25) is 0 Å². The lowest BCUT2D eigenvalue weighted by Crippen LogP contribution is -2.40. The molecule has 5 nitrogen and oxygen atoms in total. The van der Waals surface area contributed by atoms with Gasteiger partial charge in [0.2, 0.25) is 10.0 Å². The van der Waals surface area contributed by atoms with Crippen molar-refractivity contribution in [1.82, 2.24) is 9.62 Å². The second kappa shape index (κ2) is 6.87. The Labute approximate surface area is 127 Å². The smallest absolute Gasteiger partial charge is 0.243 e. The number of hydrogen-bond acceptors (Lipinski definition) is 4. The molecule has 1 heterocycles. The third-order valence-electron chi connectivity index (χ3n) is 3.78. The van der Waals surface area contributed by atoms with Gasteiger partial charge in [-0.15, -0.1) is 0 Å². The van der Waals surface area contributed by atoms with Crippen molar-refractivity contribution in [3.8, 4) is 0 Å². The molecule has 0 radical (unpaired) electrons. The summed E-state index contributed by atoms with van der Waals surface area (Å²) < 4.78 is 32.6. The van der Waals surface area contributed by atoms with E-state index >= 15 is 0 Å². The number of methoxy groups -OCH3 is 1. The fourth-order valence-corrected chi connectivity index (χ4v) is 4.62. The highest BCUT2D eigenvalue weighted by atomic mass is 32.2. The molecule has 0 amide bonds. The fourth-order valence-electron chi connectivity index (χ4n) is 2.70. The molecule has 0 saturated heterocycles. The minimum atomic E-state index is -3.49. The molecular formula is C15H24N2O3S. The summed E-state index contributed by atoms with van der Waals surface area (Å²) in [4.78, 5) is 0.450. The van der Waals surface area contributed by atoms with Crippen molar-refractivity contribution in [1.29, 1.82) is 0 Å². The third kappa shape index (κ3) is 3.45. The lowest BCUT2D eigenvalue weighted by molar-refractivity contribution is 0.171. The predicted octanol–water partition coefficient (Wildman–Crippen LogP) is 1.38. The van der Waals surface area contributed by atoms with Crippen molar-refractivity contribution in [2.45, 2.75) is 37.8 Å². The van der Waals surface area contributed by atoms with Gasteiger partial charge < -0.3 is 10.1 Å². The first-order valence-electron chi connectivity index (χ1n) is 7.30. The number of ether oxygens (including phenoxy) is 1. The van der Waals surface area contributed by atoms with Crippen molar-refractivity contribution < 1.29 is 13.2 Å².